The molecule has 9 rings (SSSR count). The Kier molecular flexibility index (Phi) is 9.09. The van der Waals surface area contributed by atoms with Crippen molar-refractivity contribution in [3.8, 4) is 22.3 Å². The minimum Gasteiger partial charge on any atom is -0.354 e. The predicted molar refractivity (Wildman–Crippen MR) is 235 cm³/mol. The van der Waals surface area contributed by atoms with E-state index in [2.05, 4.69) is 157 Å². The van der Waals surface area contributed by atoms with Crippen LogP contribution in [0.1, 0.15) is 16.7 Å². The average molecular weight is 704 g/mol. The molecule has 0 heterocycles. The number of para-hydroxylation sites is 2. The van der Waals surface area contributed by atoms with E-state index in [-0.39, 0.29) is 0 Å². The summed E-state index contributed by atoms with van der Waals surface area (Å²) >= 11 is 0. The van der Waals surface area contributed by atoms with E-state index in [1.807, 2.05) is 60.8 Å². The Morgan fingerprint density at radius 1 is 0.455 bits per heavy atom. The van der Waals surface area contributed by atoms with E-state index in [4.69, 9.17) is 4.99 Å². The summed E-state index contributed by atoms with van der Waals surface area (Å²) in [7, 11) is 0. The summed E-state index contributed by atoms with van der Waals surface area (Å²) in [6.45, 7) is 0. The van der Waals surface area contributed by atoms with Crippen LogP contribution < -0.4 is 5.32 Å². The van der Waals surface area contributed by atoms with Gasteiger partial charge in [0.2, 0.25) is 0 Å². The first kappa shape index (κ1) is 33.5. The van der Waals surface area contributed by atoms with Crippen molar-refractivity contribution in [3.63, 3.8) is 0 Å². The molecule has 0 bridgehead atoms. The van der Waals surface area contributed by atoms with E-state index >= 15 is 0 Å². The molecule has 9 aromatic rings. The number of rotatable bonds is 9. The smallest absolute Gasteiger partial charge is 0.0744 e. The Morgan fingerprint density at radius 2 is 1.05 bits per heavy atom. The van der Waals surface area contributed by atoms with Crippen LogP contribution in [0.4, 0.5) is 11.4 Å². The summed E-state index contributed by atoms with van der Waals surface area (Å²) < 4.78 is 0. The summed E-state index contributed by atoms with van der Waals surface area (Å²) in [4.78, 5) is 5.31. The maximum atomic E-state index is 9.39. The Balaban J connectivity index is 1.19. The molecule has 55 heavy (non-hydrogen) atoms. The molecule has 2 N–H and O–H groups in total. The van der Waals surface area contributed by atoms with E-state index in [1.54, 1.807) is 0 Å². The Labute approximate surface area is 321 Å². The summed E-state index contributed by atoms with van der Waals surface area (Å²) in [5, 5.41) is 20.2. The molecular formula is C52H37N3. The lowest BCUT2D eigenvalue weighted by molar-refractivity contribution is 1.45. The second-order valence-electron chi connectivity index (χ2n) is 13.6. The second kappa shape index (κ2) is 14.9. The maximum absolute atomic E-state index is 9.39. The molecule has 0 atom stereocenters. The van der Waals surface area contributed by atoms with Gasteiger partial charge in [0.05, 0.1) is 11.4 Å². The molecule has 0 radical (unpaired) electrons. The first-order valence-electron chi connectivity index (χ1n) is 18.5. The molecule has 0 unspecified atom stereocenters. The first-order valence-corrected chi connectivity index (χ1v) is 18.5. The van der Waals surface area contributed by atoms with E-state index < -0.39 is 0 Å². The van der Waals surface area contributed by atoms with Gasteiger partial charge in [0.25, 0.3) is 0 Å². The van der Waals surface area contributed by atoms with Crippen LogP contribution in [0.5, 0.6) is 0 Å². The molecule has 260 valence electrons. The quantitative estimate of drug-likeness (QED) is 0.0877. The van der Waals surface area contributed by atoms with Gasteiger partial charge in [0.1, 0.15) is 0 Å². The monoisotopic (exact) mass is 703 g/mol. The minimum absolute atomic E-state index is 0.375. The second-order valence-corrected chi connectivity index (χ2v) is 13.6. The SMILES string of the molecule is N=C(/C=C(\N=Cc1c2ccccc2cc2c1ccc1ccccc12)c1ccccc1Nc1ccccc1-c1ccccc1)c1ccc(-c2ccccc2)cc1. The van der Waals surface area contributed by atoms with Gasteiger partial charge in [-0.05, 0) is 78.8 Å². The van der Waals surface area contributed by atoms with Crippen molar-refractivity contribution in [2.24, 2.45) is 4.99 Å². The molecule has 3 nitrogen and oxygen atoms in total. The van der Waals surface area contributed by atoms with Gasteiger partial charge in [-0.25, -0.2) is 0 Å². The number of hydrogen-bond acceptors (Lipinski definition) is 3. The van der Waals surface area contributed by atoms with Crippen molar-refractivity contribution in [2.75, 3.05) is 5.32 Å². The number of aliphatic imine (C=N–C) groups is 1. The summed E-state index contributed by atoms with van der Waals surface area (Å²) in [5.74, 6) is 0. The minimum atomic E-state index is 0.375. The standard InChI is InChI=1S/C52H37N3/c53-49(40-29-27-37(28-30-40)36-15-3-1-4-16-36)34-52(46-24-12-14-26-51(46)55-50-25-13-11-23-44(50)38-17-5-2-6-18-38)54-35-48-43-22-10-8-20-41(43)33-47-42-21-9-7-19-39(42)31-32-45(47)48/h1-35,53,55H/b52-34-,53-49?,54-35?. The van der Waals surface area contributed by atoms with Gasteiger partial charge >= 0.3 is 0 Å². The van der Waals surface area contributed by atoms with Crippen LogP contribution in [-0.4, -0.2) is 11.9 Å². The van der Waals surface area contributed by atoms with E-state index in [0.717, 1.165) is 66.5 Å². The van der Waals surface area contributed by atoms with Gasteiger partial charge in [-0.3, -0.25) is 4.99 Å². The lowest BCUT2D eigenvalue weighted by Gasteiger charge is -2.16. The number of hydrogen-bond donors (Lipinski definition) is 2. The van der Waals surface area contributed by atoms with E-state index in [1.165, 1.54) is 16.2 Å². The van der Waals surface area contributed by atoms with Crippen molar-refractivity contribution in [2.45, 2.75) is 0 Å². The van der Waals surface area contributed by atoms with Crippen LogP contribution in [0.15, 0.2) is 211 Å². The van der Waals surface area contributed by atoms with Crippen LogP contribution in [0, 0.1) is 5.41 Å². The third-order valence-corrected chi connectivity index (χ3v) is 10.2. The number of allylic oxidation sites excluding steroid dienone is 1. The van der Waals surface area contributed by atoms with Crippen LogP contribution in [0.25, 0.3) is 60.3 Å². The highest BCUT2D eigenvalue weighted by Gasteiger charge is 2.14. The molecule has 0 aliphatic rings. The molecule has 0 aromatic heterocycles. The third-order valence-electron chi connectivity index (χ3n) is 10.2. The van der Waals surface area contributed by atoms with Gasteiger partial charge in [-0.15, -0.1) is 0 Å². The molecule has 9 aromatic carbocycles. The number of benzene rings is 9. The Hall–Kier alpha value is -7.36. The van der Waals surface area contributed by atoms with Gasteiger partial charge < -0.3 is 10.7 Å². The van der Waals surface area contributed by atoms with Gasteiger partial charge in [-0.2, -0.15) is 0 Å². The Bertz CT molecular complexity index is 2890. The van der Waals surface area contributed by atoms with Crippen LogP contribution in [-0.2, 0) is 0 Å². The highest BCUT2D eigenvalue weighted by Crippen LogP contribution is 2.36. The predicted octanol–water partition coefficient (Wildman–Crippen LogP) is 13.8. The molecule has 0 saturated heterocycles. The van der Waals surface area contributed by atoms with Crippen LogP contribution >= 0.6 is 0 Å². The molecule has 0 saturated carbocycles. The maximum Gasteiger partial charge on any atom is 0.0744 e. The van der Waals surface area contributed by atoms with E-state index in [9.17, 15) is 5.41 Å². The molecular weight excluding hydrogens is 667 g/mol. The zero-order chi connectivity index (χ0) is 37.0. The van der Waals surface area contributed by atoms with Crippen LogP contribution in [0.3, 0.4) is 0 Å². The zero-order valence-electron chi connectivity index (χ0n) is 30.2. The summed E-state index contributed by atoms with van der Waals surface area (Å²) in [6, 6.07) is 69.3. The highest BCUT2D eigenvalue weighted by molar-refractivity contribution is 6.21. The first-order chi connectivity index (χ1) is 27.2. The number of fused-ring (bicyclic) bond motifs is 4. The average Bonchev–Trinajstić information content (AvgIpc) is 3.25. The molecule has 0 spiro atoms. The molecule has 0 amide bonds. The molecule has 0 aliphatic carbocycles. The van der Waals surface area contributed by atoms with Crippen molar-refractivity contribution in [1.82, 2.24) is 0 Å². The molecule has 0 fully saturated rings. The number of nitrogens with zero attached hydrogens (tertiary/aromatic N) is 1. The van der Waals surface area contributed by atoms with Gasteiger partial charge in [-0.1, -0.05) is 182 Å². The molecule has 0 aliphatic heterocycles. The largest absolute Gasteiger partial charge is 0.354 e. The van der Waals surface area contributed by atoms with Crippen LogP contribution in [0.2, 0.25) is 0 Å². The van der Waals surface area contributed by atoms with Gasteiger partial charge in [0.15, 0.2) is 0 Å². The number of anilines is 2. The van der Waals surface area contributed by atoms with E-state index in [0.29, 0.717) is 11.4 Å². The highest BCUT2D eigenvalue weighted by atomic mass is 14.9. The zero-order valence-corrected chi connectivity index (χ0v) is 30.2. The fourth-order valence-electron chi connectivity index (χ4n) is 7.43. The van der Waals surface area contributed by atoms with Crippen molar-refractivity contribution in [1.29, 1.82) is 5.41 Å². The van der Waals surface area contributed by atoms with Gasteiger partial charge in [0, 0.05) is 34.3 Å². The third kappa shape index (κ3) is 6.83. The summed E-state index contributed by atoms with van der Waals surface area (Å²) in [6.07, 6.45) is 3.88. The lowest BCUT2D eigenvalue weighted by atomic mass is 9.94. The topological polar surface area (TPSA) is 48.2 Å². The normalized spacial score (nSPS) is 11.7. The summed E-state index contributed by atoms with van der Waals surface area (Å²) in [5.41, 5.74) is 10.2. The fourth-order valence-corrected chi connectivity index (χ4v) is 7.43. The Morgan fingerprint density at radius 3 is 1.84 bits per heavy atom. The number of nitrogens with one attached hydrogen (secondary N) is 2. The lowest BCUT2D eigenvalue weighted by Crippen LogP contribution is -2.00. The van der Waals surface area contributed by atoms with Crippen molar-refractivity contribution < 1.29 is 0 Å². The van der Waals surface area contributed by atoms with Crippen molar-refractivity contribution >= 4 is 61.3 Å². The molecule has 3 heteroatoms. The fraction of sp³-hybridized carbons (Fsp3) is 0. The van der Waals surface area contributed by atoms with Crippen molar-refractivity contribution in [3.05, 3.63) is 223 Å².